The van der Waals surface area contributed by atoms with Gasteiger partial charge in [0.15, 0.2) is 5.96 Å². The molecule has 1 heterocycles. The smallest absolute Gasteiger partial charge is 0.223 e. The van der Waals surface area contributed by atoms with Crippen molar-refractivity contribution in [2.45, 2.75) is 32.6 Å². The zero-order chi connectivity index (χ0) is 21.0. The lowest BCUT2D eigenvalue weighted by Gasteiger charge is -2.16. The van der Waals surface area contributed by atoms with E-state index in [1.807, 2.05) is 29.2 Å². The van der Waals surface area contributed by atoms with Gasteiger partial charge in [0.25, 0.3) is 0 Å². The van der Waals surface area contributed by atoms with Crippen LogP contribution in [0.25, 0.3) is 0 Å². The van der Waals surface area contributed by atoms with Crippen LogP contribution in [0.15, 0.2) is 65.7 Å². The van der Waals surface area contributed by atoms with Crippen LogP contribution in [-0.2, 0) is 17.6 Å². The van der Waals surface area contributed by atoms with E-state index in [2.05, 4.69) is 54.0 Å². The van der Waals surface area contributed by atoms with E-state index in [9.17, 15) is 4.79 Å². The van der Waals surface area contributed by atoms with Crippen molar-refractivity contribution in [3.05, 3.63) is 71.8 Å². The summed E-state index contributed by atoms with van der Waals surface area (Å²) >= 11 is 0. The van der Waals surface area contributed by atoms with Crippen LogP contribution in [0.2, 0.25) is 0 Å². The molecule has 3 rings (SSSR count). The second-order valence-electron chi connectivity index (χ2n) is 7.88. The number of nitrogens with one attached hydrogen (secondary N) is 2. The van der Waals surface area contributed by atoms with Crippen molar-refractivity contribution in [3.8, 4) is 0 Å². The highest BCUT2D eigenvalue weighted by Gasteiger charge is 2.28. The van der Waals surface area contributed by atoms with Crippen molar-refractivity contribution in [1.29, 1.82) is 0 Å². The maximum absolute atomic E-state index is 12.4. The molecule has 5 nitrogen and oxygen atoms in total. The minimum Gasteiger partial charge on any atom is -0.357 e. The Morgan fingerprint density at radius 3 is 2.29 bits per heavy atom. The van der Waals surface area contributed by atoms with Crippen LogP contribution in [0.5, 0.6) is 0 Å². The summed E-state index contributed by atoms with van der Waals surface area (Å²) in [5.41, 5.74) is 2.64. The van der Waals surface area contributed by atoms with Crippen LogP contribution in [0, 0.1) is 5.92 Å². The molecule has 2 aromatic carbocycles. The number of aliphatic imine (C=N–C) groups is 1. The Labute approximate surface area is 203 Å². The quantitative estimate of drug-likeness (QED) is 0.211. The van der Waals surface area contributed by atoms with Gasteiger partial charge in [-0.15, -0.1) is 24.0 Å². The van der Waals surface area contributed by atoms with Gasteiger partial charge in [0.05, 0.1) is 0 Å². The van der Waals surface area contributed by atoms with E-state index in [0.29, 0.717) is 18.9 Å². The topological polar surface area (TPSA) is 56.7 Å². The Morgan fingerprint density at radius 2 is 1.65 bits per heavy atom. The number of hydrogen-bond acceptors (Lipinski definition) is 2. The van der Waals surface area contributed by atoms with Crippen LogP contribution < -0.4 is 10.6 Å². The third-order valence-electron chi connectivity index (χ3n) is 5.44. The average Bonchev–Trinajstić information content (AvgIpc) is 3.14. The summed E-state index contributed by atoms with van der Waals surface area (Å²) in [6.07, 6.45) is 3.63. The molecule has 1 unspecified atom stereocenters. The van der Waals surface area contributed by atoms with Gasteiger partial charge in [-0.2, -0.15) is 0 Å². The molecular weight excluding hydrogens is 499 g/mol. The summed E-state index contributed by atoms with van der Waals surface area (Å²) < 4.78 is 0. The van der Waals surface area contributed by atoms with Crippen molar-refractivity contribution >= 4 is 35.8 Å². The van der Waals surface area contributed by atoms with Crippen molar-refractivity contribution in [3.63, 3.8) is 0 Å². The van der Waals surface area contributed by atoms with Gasteiger partial charge in [-0.05, 0) is 37.3 Å². The first kappa shape index (κ1) is 25.2. The zero-order valence-electron chi connectivity index (χ0n) is 18.4. The lowest BCUT2D eigenvalue weighted by Crippen LogP contribution is -2.38. The van der Waals surface area contributed by atoms with Crippen LogP contribution in [0.1, 0.15) is 30.9 Å². The number of carbonyl (C=O) groups excluding carboxylic acids is 1. The molecule has 0 spiro atoms. The molecule has 6 heteroatoms. The molecule has 0 bridgehead atoms. The predicted molar refractivity (Wildman–Crippen MR) is 139 cm³/mol. The number of aryl methyl sites for hydroxylation is 1. The van der Waals surface area contributed by atoms with Gasteiger partial charge >= 0.3 is 0 Å². The zero-order valence-corrected chi connectivity index (χ0v) is 20.8. The van der Waals surface area contributed by atoms with Gasteiger partial charge in [0.1, 0.15) is 0 Å². The summed E-state index contributed by atoms with van der Waals surface area (Å²) in [6, 6.07) is 20.9. The fraction of sp³-hybridized carbons (Fsp3) is 0.440. The Hall–Kier alpha value is -2.09. The fourth-order valence-corrected chi connectivity index (χ4v) is 3.81. The number of amides is 1. The Bertz CT molecular complexity index is 798. The monoisotopic (exact) mass is 534 g/mol. The Kier molecular flexibility index (Phi) is 11.4. The summed E-state index contributed by atoms with van der Waals surface area (Å²) in [5.74, 6) is 1.40. The lowest BCUT2D eigenvalue weighted by molar-refractivity contribution is -0.127. The first-order valence-corrected chi connectivity index (χ1v) is 11.1. The van der Waals surface area contributed by atoms with E-state index in [0.717, 1.165) is 51.4 Å². The number of halogens is 1. The number of benzene rings is 2. The number of rotatable bonds is 10. The summed E-state index contributed by atoms with van der Waals surface area (Å²) in [6.45, 7) is 6.07. The van der Waals surface area contributed by atoms with Crippen molar-refractivity contribution in [2.75, 3.05) is 32.7 Å². The molecule has 0 aromatic heterocycles. The number of hydrogen-bond donors (Lipinski definition) is 2. The van der Waals surface area contributed by atoms with E-state index < -0.39 is 0 Å². The summed E-state index contributed by atoms with van der Waals surface area (Å²) in [7, 11) is 0. The van der Waals surface area contributed by atoms with Gasteiger partial charge in [0, 0.05) is 45.1 Å². The Balaban J connectivity index is 0.00000341. The van der Waals surface area contributed by atoms with Gasteiger partial charge in [-0.3, -0.25) is 9.79 Å². The number of carbonyl (C=O) groups is 1. The van der Waals surface area contributed by atoms with Gasteiger partial charge in [0.2, 0.25) is 5.91 Å². The van der Waals surface area contributed by atoms with E-state index in [1.165, 1.54) is 11.1 Å². The van der Waals surface area contributed by atoms with E-state index in [4.69, 9.17) is 4.99 Å². The second kappa shape index (κ2) is 14.1. The normalized spacial score (nSPS) is 16.2. The number of nitrogens with zero attached hydrogens (tertiary/aromatic N) is 2. The minimum absolute atomic E-state index is 0. The molecule has 1 aliphatic rings. The van der Waals surface area contributed by atoms with Crippen LogP contribution in [-0.4, -0.2) is 49.5 Å². The molecule has 31 heavy (non-hydrogen) atoms. The van der Waals surface area contributed by atoms with Gasteiger partial charge < -0.3 is 15.5 Å². The molecule has 1 fully saturated rings. The van der Waals surface area contributed by atoms with Crippen LogP contribution in [0.3, 0.4) is 0 Å². The largest absolute Gasteiger partial charge is 0.357 e. The minimum atomic E-state index is 0. The van der Waals surface area contributed by atoms with Gasteiger partial charge in [-0.25, -0.2) is 0 Å². The van der Waals surface area contributed by atoms with Gasteiger partial charge in [-0.1, -0.05) is 60.7 Å². The maximum Gasteiger partial charge on any atom is 0.223 e. The first-order valence-electron chi connectivity index (χ1n) is 11.1. The Morgan fingerprint density at radius 1 is 1.00 bits per heavy atom. The molecular formula is C25H35IN4O. The number of likely N-dealkylation sites (tertiary alicyclic amines) is 1. The highest BCUT2D eigenvalue weighted by atomic mass is 127. The van der Waals surface area contributed by atoms with Crippen molar-refractivity contribution < 1.29 is 4.79 Å². The third-order valence-corrected chi connectivity index (χ3v) is 5.44. The molecule has 1 saturated heterocycles. The van der Waals surface area contributed by atoms with Crippen LogP contribution >= 0.6 is 24.0 Å². The first-order chi connectivity index (χ1) is 14.7. The predicted octanol–water partition coefficient (Wildman–Crippen LogP) is 3.88. The molecule has 0 saturated carbocycles. The number of guanidine groups is 1. The fourth-order valence-electron chi connectivity index (χ4n) is 3.81. The van der Waals surface area contributed by atoms with E-state index in [-0.39, 0.29) is 29.9 Å². The van der Waals surface area contributed by atoms with Crippen molar-refractivity contribution in [1.82, 2.24) is 15.5 Å². The summed E-state index contributed by atoms with van der Waals surface area (Å²) in [5, 5.41) is 6.74. The van der Waals surface area contributed by atoms with Crippen LogP contribution in [0.4, 0.5) is 0 Å². The standard InChI is InChI=1S/C25H34N4O.HI/c1-2-26-25(27-16-9-14-21-10-5-3-6-11-21)28-19-23-18-24(30)29(20-23)17-15-22-12-7-4-8-13-22;/h3-8,10-13,23H,2,9,14-20H2,1H3,(H2,26,27,28);1H. The molecule has 0 radical (unpaired) electrons. The molecule has 1 atom stereocenters. The molecule has 168 valence electrons. The second-order valence-corrected chi connectivity index (χ2v) is 7.88. The highest BCUT2D eigenvalue weighted by Crippen LogP contribution is 2.18. The van der Waals surface area contributed by atoms with E-state index in [1.54, 1.807) is 0 Å². The highest BCUT2D eigenvalue weighted by molar-refractivity contribution is 14.0. The molecule has 1 amide bonds. The SMILES string of the molecule is CCNC(=NCC1CC(=O)N(CCc2ccccc2)C1)NCCCc1ccccc1.I. The third kappa shape index (κ3) is 8.89. The molecule has 0 aliphatic carbocycles. The molecule has 2 N–H and O–H groups in total. The van der Waals surface area contributed by atoms with Crippen molar-refractivity contribution in [2.24, 2.45) is 10.9 Å². The summed E-state index contributed by atoms with van der Waals surface area (Å²) in [4.78, 5) is 19.1. The lowest BCUT2D eigenvalue weighted by atomic mass is 10.1. The molecule has 2 aromatic rings. The maximum atomic E-state index is 12.4. The average molecular weight is 534 g/mol. The van der Waals surface area contributed by atoms with E-state index >= 15 is 0 Å². The molecule has 1 aliphatic heterocycles.